The molecule has 1 N–H and O–H groups in total. The predicted molar refractivity (Wildman–Crippen MR) is 134 cm³/mol. The molecular weight excluding hydrogens is 444 g/mol. The fraction of sp³-hybridized carbons (Fsp3) is 0.138. The fourth-order valence-corrected chi connectivity index (χ4v) is 4.49. The van der Waals surface area contributed by atoms with E-state index in [0.29, 0.717) is 17.1 Å². The number of benzene rings is 4. The lowest BCUT2D eigenvalue weighted by molar-refractivity contribution is 0.0695. The van der Waals surface area contributed by atoms with Crippen molar-refractivity contribution in [1.29, 1.82) is 0 Å². The first-order chi connectivity index (χ1) is 17.0. The third-order valence-corrected chi connectivity index (χ3v) is 6.36. The highest BCUT2D eigenvalue weighted by Gasteiger charge is 2.39. The molecule has 0 fully saturated rings. The highest BCUT2D eigenvalue weighted by atomic mass is 16.5. The van der Waals surface area contributed by atoms with Gasteiger partial charge in [0, 0.05) is 22.1 Å². The summed E-state index contributed by atoms with van der Waals surface area (Å²) >= 11 is 0. The van der Waals surface area contributed by atoms with Gasteiger partial charge in [-0.25, -0.2) is 4.79 Å². The molecule has 0 saturated carbocycles. The first-order valence-corrected chi connectivity index (χ1v) is 11.0. The Balaban J connectivity index is 1.79. The lowest BCUT2D eigenvalue weighted by Crippen LogP contribution is -2.34. The van der Waals surface area contributed by atoms with Crippen molar-refractivity contribution in [3.8, 4) is 23.0 Å². The second-order valence-corrected chi connectivity index (χ2v) is 8.19. The van der Waals surface area contributed by atoms with Crippen LogP contribution in [-0.4, -0.2) is 32.4 Å². The van der Waals surface area contributed by atoms with Crippen LogP contribution in [0.2, 0.25) is 0 Å². The molecular formula is C29H24O6. The summed E-state index contributed by atoms with van der Waals surface area (Å²) in [5, 5.41) is 11.4. The van der Waals surface area contributed by atoms with Crippen molar-refractivity contribution in [1.82, 2.24) is 0 Å². The molecule has 0 bridgehead atoms. The second kappa shape index (κ2) is 8.72. The van der Waals surface area contributed by atoms with Gasteiger partial charge in [0.25, 0.3) is 0 Å². The van der Waals surface area contributed by atoms with Crippen LogP contribution >= 0.6 is 0 Å². The number of methoxy groups -OCH3 is 3. The van der Waals surface area contributed by atoms with Gasteiger partial charge in [0.05, 0.1) is 26.9 Å². The number of carboxylic acid groups (broad SMARTS) is 1. The number of carbonyl (C=O) groups is 1. The zero-order valence-corrected chi connectivity index (χ0v) is 19.6. The molecule has 1 aliphatic rings. The summed E-state index contributed by atoms with van der Waals surface area (Å²) in [5.41, 5.74) is 1.39. The number of hydrogen-bond acceptors (Lipinski definition) is 5. The van der Waals surface area contributed by atoms with Crippen molar-refractivity contribution < 1.29 is 28.8 Å². The lowest BCUT2D eigenvalue weighted by Gasteiger charge is -2.37. The van der Waals surface area contributed by atoms with Crippen LogP contribution in [-0.2, 0) is 5.60 Å². The Kier molecular flexibility index (Phi) is 5.57. The summed E-state index contributed by atoms with van der Waals surface area (Å²) < 4.78 is 23.0. The van der Waals surface area contributed by atoms with Gasteiger partial charge in [-0.15, -0.1) is 0 Å². The van der Waals surface area contributed by atoms with Gasteiger partial charge in [0.2, 0.25) is 0 Å². The van der Waals surface area contributed by atoms with Crippen molar-refractivity contribution in [2.45, 2.75) is 5.60 Å². The van der Waals surface area contributed by atoms with E-state index in [-0.39, 0.29) is 5.56 Å². The van der Waals surface area contributed by atoms with Gasteiger partial charge in [-0.2, -0.15) is 0 Å². The normalized spacial score (nSPS) is 13.6. The average molecular weight is 469 g/mol. The predicted octanol–water partition coefficient (Wildman–Crippen LogP) is 5.91. The van der Waals surface area contributed by atoms with Crippen LogP contribution < -0.4 is 18.9 Å². The first kappa shape index (κ1) is 22.3. The molecule has 4 aromatic carbocycles. The Morgan fingerprint density at radius 3 is 1.83 bits per heavy atom. The Bertz CT molecular complexity index is 1390. The number of hydrogen-bond donors (Lipinski definition) is 1. The van der Waals surface area contributed by atoms with Gasteiger partial charge in [-0.3, -0.25) is 0 Å². The maximum Gasteiger partial charge on any atom is 0.336 e. The van der Waals surface area contributed by atoms with Gasteiger partial charge < -0.3 is 24.1 Å². The minimum atomic E-state index is -1.02. The van der Waals surface area contributed by atoms with E-state index in [1.165, 1.54) is 0 Å². The van der Waals surface area contributed by atoms with Gasteiger partial charge in [0.1, 0.15) is 23.0 Å². The smallest absolute Gasteiger partial charge is 0.336 e. The van der Waals surface area contributed by atoms with Gasteiger partial charge in [0.15, 0.2) is 5.60 Å². The largest absolute Gasteiger partial charge is 0.497 e. The molecule has 0 aromatic heterocycles. The van der Waals surface area contributed by atoms with E-state index in [1.54, 1.807) is 33.5 Å². The molecule has 1 aliphatic heterocycles. The molecule has 1 heterocycles. The van der Waals surface area contributed by atoms with Crippen molar-refractivity contribution in [2.75, 3.05) is 21.3 Å². The van der Waals surface area contributed by atoms with Crippen LogP contribution in [0, 0.1) is 0 Å². The molecule has 176 valence electrons. The Hall–Kier alpha value is -4.45. The average Bonchev–Trinajstić information content (AvgIpc) is 2.92. The summed E-state index contributed by atoms with van der Waals surface area (Å²) in [7, 11) is 4.84. The maximum absolute atomic E-state index is 12.1. The van der Waals surface area contributed by atoms with Crippen LogP contribution in [0.4, 0.5) is 0 Å². The van der Waals surface area contributed by atoms with E-state index in [4.69, 9.17) is 18.9 Å². The minimum Gasteiger partial charge on any atom is -0.497 e. The fourth-order valence-electron chi connectivity index (χ4n) is 4.49. The maximum atomic E-state index is 12.1. The number of aromatic carboxylic acids is 1. The zero-order valence-electron chi connectivity index (χ0n) is 19.6. The molecule has 0 radical (unpaired) electrons. The third kappa shape index (κ3) is 3.73. The summed E-state index contributed by atoms with van der Waals surface area (Å²) in [6, 6.07) is 22.5. The van der Waals surface area contributed by atoms with Crippen molar-refractivity contribution in [3.05, 3.63) is 101 Å². The third-order valence-electron chi connectivity index (χ3n) is 6.36. The molecule has 5 rings (SSSR count). The number of fused-ring (bicyclic) bond motifs is 3. The van der Waals surface area contributed by atoms with E-state index >= 15 is 0 Å². The zero-order chi connectivity index (χ0) is 24.6. The Labute approximate surface area is 202 Å². The molecule has 4 aromatic rings. The second-order valence-electron chi connectivity index (χ2n) is 8.19. The minimum absolute atomic E-state index is 0.173. The topological polar surface area (TPSA) is 74.2 Å². The van der Waals surface area contributed by atoms with E-state index in [9.17, 15) is 9.90 Å². The highest BCUT2D eigenvalue weighted by Crippen LogP contribution is 2.47. The summed E-state index contributed by atoms with van der Waals surface area (Å²) in [4.78, 5) is 12.1. The first-order valence-electron chi connectivity index (χ1n) is 11.0. The molecule has 6 heteroatoms. The summed E-state index contributed by atoms with van der Waals surface area (Å²) in [6.45, 7) is 0. The molecule has 0 amide bonds. The molecule has 0 aliphatic carbocycles. The lowest BCUT2D eigenvalue weighted by atomic mass is 9.82. The molecule has 0 spiro atoms. The van der Waals surface area contributed by atoms with E-state index in [0.717, 1.165) is 33.4 Å². The molecule has 0 unspecified atom stereocenters. The van der Waals surface area contributed by atoms with Crippen LogP contribution in [0.3, 0.4) is 0 Å². The van der Waals surface area contributed by atoms with Crippen LogP contribution in [0.5, 0.6) is 23.0 Å². The summed E-state index contributed by atoms with van der Waals surface area (Å²) in [5.74, 6) is 1.56. The Morgan fingerprint density at radius 1 is 0.771 bits per heavy atom. The van der Waals surface area contributed by atoms with E-state index in [2.05, 4.69) is 0 Å². The van der Waals surface area contributed by atoms with Crippen LogP contribution in [0.25, 0.3) is 16.8 Å². The number of carboxylic acids is 1. The molecule has 0 saturated heterocycles. The summed E-state index contributed by atoms with van der Waals surface area (Å²) in [6.07, 6.45) is 3.73. The highest BCUT2D eigenvalue weighted by molar-refractivity contribution is 6.03. The molecule has 35 heavy (non-hydrogen) atoms. The van der Waals surface area contributed by atoms with Gasteiger partial charge in [-0.05, 0) is 60.0 Å². The monoisotopic (exact) mass is 468 g/mol. The van der Waals surface area contributed by atoms with E-state index in [1.807, 2.05) is 72.8 Å². The van der Waals surface area contributed by atoms with Crippen molar-refractivity contribution >= 4 is 22.8 Å². The molecule has 6 nitrogen and oxygen atoms in total. The van der Waals surface area contributed by atoms with Crippen LogP contribution in [0.15, 0.2) is 78.9 Å². The van der Waals surface area contributed by atoms with Crippen LogP contribution in [0.1, 0.15) is 27.0 Å². The van der Waals surface area contributed by atoms with Crippen molar-refractivity contribution in [3.63, 3.8) is 0 Å². The standard InChI is InChI=1S/C29H24O6/c1-32-21-10-5-19(6-11-21)29(20-7-12-22(33-2)13-8-20)15-14-24-26(28(30)31)16-18-4-9-23(34-3)17-25(18)27(24)35-29/h4-17H,1-3H3,(H,30,31). The SMILES string of the molecule is COc1ccc(C2(c3ccc(OC)cc3)C=Cc3c(C(=O)O)cc4ccc(OC)cc4c3O2)cc1. The Morgan fingerprint density at radius 2 is 1.31 bits per heavy atom. The quantitative estimate of drug-likeness (QED) is 0.379. The number of rotatable bonds is 6. The van der Waals surface area contributed by atoms with Gasteiger partial charge >= 0.3 is 5.97 Å². The molecule has 0 atom stereocenters. The number of ether oxygens (including phenoxy) is 4. The van der Waals surface area contributed by atoms with E-state index < -0.39 is 11.6 Å². The van der Waals surface area contributed by atoms with Crippen molar-refractivity contribution in [2.24, 2.45) is 0 Å². The van der Waals surface area contributed by atoms with Gasteiger partial charge in [-0.1, -0.05) is 30.3 Å².